The number of rotatable bonds is 21. The van der Waals surface area contributed by atoms with E-state index in [2.05, 4.69) is 89.2 Å². The summed E-state index contributed by atoms with van der Waals surface area (Å²) in [4.78, 5) is 17.6. The Balaban J connectivity index is 0.979. The summed E-state index contributed by atoms with van der Waals surface area (Å²) in [6.45, 7) is 20.8. The average molecular weight is 1020 g/mol. The van der Waals surface area contributed by atoms with Crippen molar-refractivity contribution in [1.82, 2.24) is 0 Å². The molecule has 0 radical (unpaired) electrons. The summed E-state index contributed by atoms with van der Waals surface area (Å²) in [6.07, 6.45) is 3.19. The quantitative estimate of drug-likeness (QED) is 0.0556. The number of hydrogen-bond acceptors (Lipinski definition) is 9. The summed E-state index contributed by atoms with van der Waals surface area (Å²) in [5.41, 5.74) is 8.04. The Morgan fingerprint density at radius 3 is 1.59 bits per heavy atom. The molecule has 1 aliphatic heterocycles. The van der Waals surface area contributed by atoms with Crippen molar-refractivity contribution < 1.29 is 43.1 Å². The highest BCUT2D eigenvalue weighted by Crippen LogP contribution is 2.55. The summed E-state index contributed by atoms with van der Waals surface area (Å²) in [6, 6.07) is 52.3. The Morgan fingerprint density at radius 2 is 1.05 bits per heavy atom. The van der Waals surface area contributed by atoms with Crippen molar-refractivity contribution in [1.29, 1.82) is 0 Å². The van der Waals surface area contributed by atoms with Crippen molar-refractivity contribution >= 4 is 11.6 Å². The van der Waals surface area contributed by atoms with Gasteiger partial charge in [-0.1, -0.05) is 126 Å². The smallest absolute Gasteiger partial charge is 0.249 e. The zero-order valence-electron chi connectivity index (χ0n) is 45.6. The van der Waals surface area contributed by atoms with E-state index in [0.717, 1.165) is 69.6 Å². The van der Waals surface area contributed by atoms with Crippen LogP contribution < -0.4 is 28.6 Å². The van der Waals surface area contributed by atoms with E-state index in [1.54, 1.807) is 17.0 Å². The monoisotopic (exact) mass is 1020 g/mol. The fourth-order valence-electron chi connectivity index (χ4n) is 12.0. The van der Waals surface area contributed by atoms with Gasteiger partial charge in [0.25, 0.3) is 0 Å². The topological polar surface area (TPSA) is 105 Å². The molecule has 10 heteroatoms. The van der Waals surface area contributed by atoms with Gasteiger partial charge in [0.2, 0.25) is 12.7 Å². The molecule has 7 aromatic rings. The maximum atomic E-state index is 15.8. The number of carbonyl (C=O) groups is 1. The third-order valence-electron chi connectivity index (χ3n) is 15.6. The third kappa shape index (κ3) is 10.9. The summed E-state index contributed by atoms with van der Waals surface area (Å²) in [5.74, 6) is 4.08. The molecule has 1 amide bonds. The number of anilines is 1. The van der Waals surface area contributed by atoms with Gasteiger partial charge < -0.3 is 38.3 Å². The van der Waals surface area contributed by atoms with Crippen LogP contribution in [-0.4, -0.2) is 51.3 Å². The largest absolute Gasteiger partial charge is 0.508 e. The van der Waals surface area contributed by atoms with E-state index < -0.39 is 5.41 Å². The number of aromatic hydroxyl groups is 1. The second-order valence-corrected chi connectivity index (χ2v) is 21.8. The number of carbonyl (C=O) groups excluding carboxylic acids is 1. The van der Waals surface area contributed by atoms with Gasteiger partial charge in [0.15, 0.2) is 20.3 Å². The van der Waals surface area contributed by atoms with Crippen LogP contribution in [0.3, 0.4) is 0 Å². The van der Waals surface area contributed by atoms with Crippen molar-refractivity contribution in [2.45, 2.75) is 97.8 Å². The zero-order valence-corrected chi connectivity index (χ0v) is 45.6. The van der Waals surface area contributed by atoms with E-state index in [0.29, 0.717) is 42.1 Å². The number of fused-ring (bicyclic) bond motifs is 1. The van der Waals surface area contributed by atoms with E-state index >= 15 is 4.79 Å². The minimum Gasteiger partial charge on any atom is -0.508 e. The van der Waals surface area contributed by atoms with Gasteiger partial charge in [-0.3, -0.25) is 9.69 Å². The van der Waals surface area contributed by atoms with Gasteiger partial charge in [0, 0.05) is 29.6 Å². The van der Waals surface area contributed by atoms with E-state index in [-0.39, 0.29) is 55.0 Å². The number of para-hydroxylation sites is 1. The first-order valence-corrected chi connectivity index (χ1v) is 26.6. The summed E-state index contributed by atoms with van der Waals surface area (Å²) < 4.78 is 41.9. The number of nitrogens with zero attached hydrogens (tertiary/aromatic N) is 1. The first-order valence-electron chi connectivity index (χ1n) is 26.6. The van der Waals surface area contributed by atoms with Crippen LogP contribution in [0.4, 0.5) is 5.69 Å². The summed E-state index contributed by atoms with van der Waals surface area (Å²) in [7, 11) is 0. The Bertz CT molecular complexity index is 3090. The first kappa shape index (κ1) is 53.6. The lowest BCUT2D eigenvalue weighted by molar-refractivity contribution is -0.121. The molecule has 9 rings (SSSR count). The summed E-state index contributed by atoms with van der Waals surface area (Å²) in [5, 5.41) is 9.82. The Kier molecular flexibility index (Phi) is 15.9. The predicted molar refractivity (Wildman–Crippen MR) is 299 cm³/mol. The molecule has 0 aromatic heterocycles. The molecule has 1 fully saturated rings. The van der Waals surface area contributed by atoms with Gasteiger partial charge in [0.1, 0.15) is 39.9 Å². The number of phenolic OH excluding ortho intramolecular Hbond substituents is 1. The average Bonchev–Trinajstić information content (AvgIpc) is 3.75. The lowest BCUT2D eigenvalue weighted by Crippen LogP contribution is -2.43. The van der Waals surface area contributed by atoms with Crippen molar-refractivity contribution in [2.75, 3.05) is 45.2 Å². The van der Waals surface area contributed by atoms with Crippen LogP contribution in [0.25, 0.3) is 0 Å². The number of ether oxygens (including phenoxy) is 7. The van der Waals surface area contributed by atoms with Crippen LogP contribution in [0.2, 0.25) is 0 Å². The highest BCUT2D eigenvalue weighted by Gasteiger charge is 2.54. The molecule has 396 valence electrons. The standard InChI is InChI=1S/C66H73NO9/c1-10-70-42-73-56-32-22-51(23-33-56)65(39-45(3)38-63(6,7)40-65)50-20-30-55(31-21-50)72-41-67-59-15-13-12-14-58(59)66(62(67)69,52-24-34-60(46(4)36-52)75-43-71-11-2)53-25-35-61(47(5)37-53)76-44-74-57-28-18-49(19-29-57)64(8,9)48-16-26-54(68)27-17-48/h12-37,45,68H,10-11,38-44H2,1-9H3. The molecule has 1 heterocycles. The van der Waals surface area contributed by atoms with Crippen molar-refractivity contribution in [3.63, 3.8) is 0 Å². The van der Waals surface area contributed by atoms with Gasteiger partial charge >= 0.3 is 0 Å². The Morgan fingerprint density at radius 1 is 0.579 bits per heavy atom. The highest BCUT2D eigenvalue weighted by atomic mass is 16.7. The minimum absolute atomic E-state index is 0.00328. The predicted octanol–water partition coefficient (Wildman–Crippen LogP) is 14.3. The van der Waals surface area contributed by atoms with Crippen molar-refractivity contribution in [3.05, 3.63) is 208 Å². The van der Waals surface area contributed by atoms with Crippen LogP contribution in [0.5, 0.6) is 34.5 Å². The van der Waals surface area contributed by atoms with Gasteiger partial charge in [-0.05, 0) is 170 Å². The minimum atomic E-state index is -1.25. The molecule has 1 N–H and O–H groups in total. The van der Waals surface area contributed by atoms with E-state index in [9.17, 15) is 5.11 Å². The Hall–Kier alpha value is -7.27. The molecule has 0 saturated heterocycles. The van der Waals surface area contributed by atoms with Crippen LogP contribution in [0, 0.1) is 25.2 Å². The number of amides is 1. The maximum Gasteiger partial charge on any atom is 0.249 e. The molecular weight excluding hydrogens is 951 g/mol. The van der Waals surface area contributed by atoms with Gasteiger partial charge in [-0.2, -0.15) is 0 Å². The zero-order chi connectivity index (χ0) is 53.7. The van der Waals surface area contributed by atoms with E-state index in [1.165, 1.54) is 11.1 Å². The second-order valence-electron chi connectivity index (χ2n) is 21.8. The summed E-state index contributed by atoms with van der Waals surface area (Å²) >= 11 is 0. The van der Waals surface area contributed by atoms with Crippen LogP contribution in [0.1, 0.15) is 118 Å². The maximum absolute atomic E-state index is 15.8. The molecule has 3 atom stereocenters. The number of aryl methyl sites for hydroxylation is 2. The molecule has 7 aromatic carbocycles. The molecule has 2 aliphatic rings. The van der Waals surface area contributed by atoms with E-state index in [1.807, 2.05) is 119 Å². The highest BCUT2D eigenvalue weighted by molar-refractivity contribution is 6.13. The van der Waals surface area contributed by atoms with Crippen LogP contribution in [-0.2, 0) is 30.5 Å². The van der Waals surface area contributed by atoms with Gasteiger partial charge in [-0.15, -0.1) is 0 Å². The number of phenols is 1. The second kappa shape index (κ2) is 22.5. The van der Waals surface area contributed by atoms with Crippen molar-refractivity contribution in [2.24, 2.45) is 11.3 Å². The molecule has 10 nitrogen and oxygen atoms in total. The molecule has 3 unspecified atom stereocenters. The van der Waals surface area contributed by atoms with Gasteiger partial charge in [-0.25, -0.2) is 0 Å². The molecule has 0 spiro atoms. The third-order valence-corrected chi connectivity index (χ3v) is 15.6. The first-order chi connectivity index (χ1) is 36.6. The fraction of sp³-hybridized carbons (Fsp3) is 0.348. The van der Waals surface area contributed by atoms with Crippen LogP contribution in [0.15, 0.2) is 158 Å². The fourth-order valence-corrected chi connectivity index (χ4v) is 12.0. The SMILES string of the molecule is CCOCOc1ccc(C2(c3ccc(OCN4C(=O)C(c5ccc(OCOCC)c(C)c5)(c5ccc(OCOc6ccc(C(C)(C)c7ccc(O)cc7)cc6)c(C)c5)c5ccccc54)cc3)CC(C)CC(C)(C)C2)cc1. The lowest BCUT2D eigenvalue weighted by atomic mass is 9.55. The molecule has 1 aliphatic carbocycles. The number of benzene rings is 7. The molecule has 1 saturated carbocycles. The molecular formula is C66H73NO9. The molecule has 0 bridgehead atoms. The molecule has 76 heavy (non-hydrogen) atoms. The lowest BCUT2D eigenvalue weighted by Gasteiger charge is -2.48. The van der Waals surface area contributed by atoms with Gasteiger partial charge in [0.05, 0.1) is 5.69 Å². The van der Waals surface area contributed by atoms with Crippen LogP contribution >= 0.6 is 0 Å². The number of hydrogen-bond donors (Lipinski definition) is 1. The normalized spacial score (nSPS) is 19.0. The van der Waals surface area contributed by atoms with Crippen molar-refractivity contribution in [3.8, 4) is 34.5 Å². The Labute approximate surface area is 449 Å². The van der Waals surface area contributed by atoms with E-state index in [4.69, 9.17) is 33.2 Å².